The number of methoxy groups -OCH3 is 1. The van der Waals surface area contributed by atoms with Crippen molar-refractivity contribution >= 4 is 21.6 Å². The first kappa shape index (κ1) is 13.3. The SMILES string of the molecule is COc1ccc(Br)cc1N(C)CCCCN. The molecule has 0 atom stereocenters. The summed E-state index contributed by atoms with van der Waals surface area (Å²) in [5.74, 6) is 0.901. The van der Waals surface area contributed by atoms with Crippen LogP contribution in [0.25, 0.3) is 0 Å². The van der Waals surface area contributed by atoms with Crippen LogP contribution < -0.4 is 15.4 Å². The molecule has 1 aromatic rings. The van der Waals surface area contributed by atoms with Gasteiger partial charge in [-0.1, -0.05) is 15.9 Å². The molecule has 0 fully saturated rings. The van der Waals surface area contributed by atoms with Crippen LogP contribution in [0.4, 0.5) is 5.69 Å². The first-order valence-corrected chi connectivity index (χ1v) is 6.23. The van der Waals surface area contributed by atoms with Crippen molar-refractivity contribution in [3.8, 4) is 5.75 Å². The predicted molar refractivity (Wildman–Crippen MR) is 72.3 cm³/mol. The number of nitrogens with zero attached hydrogens (tertiary/aromatic N) is 1. The van der Waals surface area contributed by atoms with Gasteiger partial charge in [-0.3, -0.25) is 0 Å². The standard InChI is InChI=1S/C12H19BrN2O/c1-15(8-4-3-7-14)11-9-10(13)5-6-12(11)16-2/h5-6,9H,3-4,7-8,14H2,1-2H3. The highest BCUT2D eigenvalue weighted by Gasteiger charge is 2.08. The van der Waals surface area contributed by atoms with Crippen LogP contribution in [0.15, 0.2) is 22.7 Å². The molecule has 3 nitrogen and oxygen atoms in total. The molecule has 16 heavy (non-hydrogen) atoms. The molecule has 0 amide bonds. The van der Waals surface area contributed by atoms with Crippen LogP contribution in [-0.2, 0) is 0 Å². The molecule has 0 aromatic heterocycles. The summed E-state index contributed by atoms with van der Waals surface area (Å²) in [6.07, 6.45) is 2.16. The van der Waals surface area contributed by atoms with Crippen molar-refractivity contribution < 1.29 is 4.74 Å². The third-order valence-electron chi connectivity index (χ3n) is 2.50. The lowest BCUT2D eigenvalue weighted by Crippen LogP contribution is -2.20. The van der Waals surface area contributed by atoms with E-state index in [9.17, 15) is 0 Å². The maximum absolute atomic E-state index is 5.48. The van der Waals surface area contributed by atoms with E-state index in [0.29, 0.717) is 0 Å². The van der Waals surface area contributed by atoms with Crippen molar-refractivity contribution in [3.05, 3.63) is 22.7 Å². The molecule has 0 bridgehead atoms. The zero-order valence-corrected chi connectivity index (χ0v) is 11.5. The second kappa shape index (κ2) is 6.76. The van der Waals surface area contributed by atoms with Crippen LogP contribution in [0.5, 0.6) is 5.75 Å². The van der Waals surface area contributed by atoms with Crippen molar-refractivity contribution in [2.24, 2.45) is 5.73 Å². The molecule has 1 aromatic carbocycles. The van der Waals surface area contributed by atoms with Crippen molar-refractivity contribution in [2.45, 2.75) is 12.8 Å². The van der Waals surface area contributed by atoms with E-state index in [0.717, 1.165) is 41.8 Å². The second-order valence-corrected chi connectivity index (χ2v) is 4.65. The Bertz CT molecular complexity index is 331. The lowest BCUT2D eigenvalue weighted by molar-refractivity contribution is 0.414. The predicted octanol–water partition coefficient (Wildman–Crippen LogP) is 2.63. The molecule has 0 heterocycles. The zero-order chi connectivity index (χ0) is 12.0. The molecule has 2 N–H and O–H groups in total. The highest BCUT2D eigenvalue weighted by Crippen LogP contribution is 2.30. The number of benzene rings is 1. The van der Waals surface area contributed by atoms with Gasteiger partial charge in [0.1, 0.15) is 5.75 Å². The van der Waals surface area contributed by atoms with Crippen LogP contribution >= 0.6 is 15.9 Å². The van der Waals surface area contributed by atoms with E-state index >= 15 is 0 Å². The van der Waals surface area contributed by atoms with Gasteiger partial charge in [-0.15, -0.1) is 0 Å². The number of unbranched alkanes of at least 4 members (excludes halogenated alkanes) is 1. The summed E-state index contributed by atoms with van der Waals surface area (Å²) < 4.78 is 6.40. The van der Waals surface area contributed by atoms with Gasteiger partial charge in [0.2, 0.25) is 0 Å². The molecule has 1 rings (SSSR count). The summed E-state index contributed by atoms with van der Waals surface area (Å²) in [5.41, 5.74) is 6.59. The fourth-order valence-corrected chi connectivity index (χ4v) is 1.92. The summed E-state index contributed by atoms with van der Waals surface area (Å²) in [6, 6.07) is 6.02. The van der Waals surface area contributed by atoms with Gasteiger partial charge < -0.3 is 15.4 Å². The molecular formula is C12H19BrN2O. The quantitative estimate of drug-likeness (QED) is 0.817. The van der Waals surface area contributed by atoms with Gasteiger partial charge in [0, 0.05) is 18.1 Å². The van der Waals surface area contributed by atoms with E-state index < -0.39 is 0 Å². The molecular weight excluding hydrogens is 268 g/mol. The van der Waals surface area contributed by atoms with Gasteiger partial charge in [0.15, 0.2) is 0 Å². The Hall–Kier alpha value is -0.740. The Labute approximate surface area is 106 Å². The minimum absolute atomic E-state index is 0.753. The highest BCUT2D eigenvalue weighted by atomic mass is 79.9. The number of hydrogen-bond donors (Lipinski definition) is 1. The molecule has 0 aliphatic carbocycles. The minimum atomic E-state index is 0.753. The molecule has 0 saturated carbocycles. The molecule has 0 aliphatic heterocycles. The number of halogens is 1. The van der Waals surface area contributed by atoms with Crippen LogP contribution in [0.3, 0.4) is 0 Å². The van der Waals surface area contributed by atoms with E-state index in [1.807, 2.05) is 12.1 Å². The summed E-state index contributed by atoms with van der Waals surface area (Å²) in [4.78, 5) is 2.19. The van der Waals surface area contributed by atoms with E-state index in [2.05, 4.69) is 33.9 Å². The Morgan fingerprint density at radius 2 is 2.12 bits per heavy atom. The van der Waals surface area contributed by atoms with Gasteiger partial charge in [0.05, 0.1) is 12.8 Å². The van der Waals surface area contributed by atoms with E-state index in [1.165, 1.54) is 0 Å². The van der Waals surface area contributed by atoms with E-state index in [1.54, 1.807) is 7.11 Å². The summed E-state index contributed by atoms with van der Waals surface area (Å²) in [5, 5.41) is 0. The number of anilines is 1. The number of nitrogens with two attached hydrogens (primary N) is 1. The smallest absolute Gasteiger partial charge is 0.142 e. The summed E-state index contributed by atoms with van der Waals surface area (Å²) in [6.45, 7) is 1.74. The summed E-state index contributed by atoms with van der Waals surface area (Å²) in [7, 11) is 3.77. The van der Waals surface area contributed by atoms with Crippen LogP contribution in [0, 0.1) is 0 Å². The van der Waals surface area contributed by atoms with Crippen LogP contribution in [0.2, 0.25) is 0 Å². The fraction of sp³-hybridized carbons (Fsp3) is 0.500. The topological polar surface area (TPSA) is 38.5 Å². The summed E-state index contributed by atoms with van der Waals surface area (Å²) >= 11 is 3.47. The fourth-order valence-electron chi connectivity index (χ4n) is 1.58. The first-order valence-electron chi connectivity index (χ1n) is 5.43. The molecule has 90 valence electrons. The Morgan fingerprint density at radius 1 is 1.38 bits per heavy atom. The van der Waals surface area contributed by atoms with Gasteiger partial charge in [-0.05, 0) is 37.6 Å². The number of rotatable bonds is 6. The second-order valence-electron chi connectivity index (χ2n) is 3.73. The van der Waals surface area contributed by atoms with Crippen molar-refractivity contribution in [1.29, 1.82) is 0 Å². The monoisotopic (exact) mass is 286 g/mol. The van der Waals surface area contributed by atoms with Crippen molar-refractivity contribution in [2.75, 3.05) is 32.1 Å². The molecule has 0 aliphatic rings. The van der Waals surface area contributed by atoms with Crippen LogP contribution in [-0.4, -0.2) is 27.2 Å². The Morgan fingerprint density at radius 3 is 2.75 bits per heavy atom. The normalized spacial score (nSPS) is 10.2. The maximum Gasteiger partial charge on any atom is 0.142 e. The Kier molecular flexibility index (Phi) is 5.63. The average Bonchev–Trinajstić information content (AvgIpc) is 2.29. The van der Waals surface area contributed by atoms with E-state index in [-0.39, 0.29) is 0 Å². The lowest BCUT2D eigenvalue weighted by Gasteiger charge is -2.21. The molecule has 0 radical (unpaired) electrons. The Balaban J connectivity index is 2.72. The molecule has 0 unspecified atom stereocenters. The van der Waals surface area contributed by atoms with Crippen molar-refractivity contribution in [1.82, 2.24) is 0 Å². The molecule has 4 heteroatoms. The third kappa shape index (κ3) is 3.68. The van der Waals surface area contributed by atoms with E-state index in [4.69, 9.17) is 10.5 Å². The first-order chi connectivity index (χ1) is 7.69. The van der Waals surface area contributed by atoms with Gasteiger partial charge in [-0.2, -0.15) is 0 Å². The average molecular weight is 287 g/mol. The minimum Gasteiger partial charge on any atom is -0.495 e. The highest BCUT2D eigenvalue weighted by molar-refractivity contribution is 9.10. The zero-order valence-electron chi connectivity index (χ0n) is 9.87. The largest absolute Gasteiger partial charge is 0.495 e. The van der Waals surface area contributed by atoms with Crippen molar-refractivity contribution in [3.63, 3.8) is 0 Å². The molecule has 0 spiro atoms. The number of hydrogen-bond acceptors (Lipinski definition) is 3. The van der Waals surface area contributed by atoms with Gasteiger partial charge >= 0.3 is 0 Å². The third-order valence-corrected chi connectivity index (χ3v) is 2.99. The molecule has 0 saturated heterocycles. The lowest BCUT2D eigenvalue weighted by atomic mass is 10.2. The van der Waals surface area contributed by atoms with Crippen LogP contribution in [0.1, 0.15) is 12.8 Å². The number of ether oxygens (including phenoxy) is 1. The maximum atomic E-state index is 5.48. The van der Waals surface area contributed by atoms with Gasteiger partial charge in [-0.25, -0.2) is 0 Å². The van der Waals surface area contributed by atoms with Gasteiger partial charge in [0.25, 0.3) is 0 Å².